The first-order valence-electron chi connectivity index (χ1n) is 4.84. The van der Waals surface area contributed by atoms with Gasteiger partial charge in [-0.2, -0.15) is 22.0 Å². The van der Waals surface area contributed by atoms with Gasteiger partial charge in [-0.1, -0.05) is 29.3 Å². The Morgan fingerprint density at radius 3 is 1.67 bits per heavy atom. The Hall–Kier alpha value is -0.880. The second-order valence-corrected chi connectivity index (χ2v) is 4.02. The van der Waals surface area contributed by atoms with E-state index < -0.39 is 18.1 Å². The van der Waals surface area contributed by atoms with E-state index in [0.29, 0.717) is 11.1 Å². The molecule has 0 spiro atoms. The predicted molar refractivity (Wildman–Crippen MR) is 61.1 cm³/mol. The van der Waals surface area contributed by atoms with E-state index in [1.165, 1.54) is 12.1 Å². The Kier molecular flexibility index (Phi) is 5.14. The Balaban J connectivity index is 0.00000289. The molecule has 104 valence electrons. The van der Waals surface area contributed by atoms with Crippen molar-refractivity contribution in [1.82, 2.24) is 0 Å². The quantitative estimate of drug-likeness (QED) is 0.821. The monoisotopic (exact) mass is 289 g/mol. The summed E-state index contributed by atoms with van der Waals surface area (Å²) in [6, 6.07) is 1.75. The van der Waals surface area contributed by atoms with Crippen LogP contribution in [0.15, 0.2) is 18.2 Å². The maximum atomic E-state index is 13.0. The van der Waals surface area contributed by atoms with E-state index >= 15 is 0 Å². The molecule has 0 unspecified atom stereocenters. The van der Waals surface area contributed by atoms with Crippen LogP contribution in [0.4, 0.5) is 22.0 Å². The summed E-state index contributed by atoms with van der Waals surface area (Å²) >= 11 is 0. The van der Waals surface area contributed by atoms with E-state index in [9.17, 15) is 22.0 Å². The van der Waals surface area contributed by atoms with Crippen molar-refractivity contribution in [3.8, 4) is 0 Å². The lowest BCUT2D eigenvalue weighted by molar-refractivity contribution is -0.291. The number of alkyl halides is 5. The van der Waals surface area contributed by atoms with Gasteiger partial charge in [-0.05, 0) is 19.4 Å². The van der Waals surface area contributed by atoms with E-state index in [0.717, 1.165) is 0 Å². The van der Waals surface area contributed by atoms with Crippen LogP contribution in [-0.4, -0.2) is 12.1 Å². The van der Waals surface area contributed by atoms with Crippen LogP contribution in [0.5, 0.6) is 0 Å². The molecule has 0 aromatic heterocycles. The molecule has 1 rings (SSSR count). The van der Waals surface area contributed by atoms with Crippen molar-refractivity contribution >= 4 is 12.4 Å². The van der Waals surface area contributed by atoms with Crippen molar-refractivity contribution in [3.05, 3.63) is 34.9 Å². The van der Waals surface area contributed by atoms with Crippen LogP contribution >= 0.6 is 12.4 Å². The lowest BCUT2D eigenvalue weighted by Crippen LogP contribution is -2.45. The topological polar surface area (TPSA) is 26.0 Å². The summed E-state index contributed by atoms with van der Waals surface area (Å²) in [6.45, 7) is 3.21. The van der Waals surface area contributed by atoms with E-state index in [1.807, 2.05) is 0 Å². The molecule has 1 aromatic carbocycles. The molecular weight excluding hydrogens is 277 g/mol. The van der Waals surface area contributed by atoms with Crippen molar-refractivity contribution in [1.29, 1.82) is 0 Å². The van der Waals surface area contributed by atoms with Gasteiger partial charge in [0.2, 0.25) is 0 Å². The first-order chi connectivity index (χ1) is 7.55. The molecule has 0 saturated carbocycles. The van der Waals surface area contributed by atoms with Gasteiger partial charge in [0.1, 0.15) is 6.04 Å². The molecule has 0 radical (unpaired) electrons. The van der Waals surface area contributed by atoms with E-state index in [-0.39, 0.29) is 18.0 Å². The van der Waals surface area contributed by atoms with E-state index in [1.54, 1.807) is 19.9 Å². The molecule has 0 heterocycles. The van der Waals surface area contributed by atoms with Crippen molar-refractivity contribution in [3.63, 3.8) is 0 Å². The number of benzene rings is 1. The predicted octanol–water partition coefficient (Wildman–Crippen LogP) is 3.92. The van der Waals surface area contributed by atoms with Gasteiger partial charge < -0.3 is 5.73 Å². The van der Waals surface area contributed by atoms with Crippen LogP contribution in [0.25, 0.3) is 0 Å². The maximum absolute atomic E-state index is 13.0. The zero-order valence-corrected chi connectivity index (χ0v) is 10.5. The molecule has 0 fully saturated rings. The van der Waals surface area contributed by atoms with Crippen LogP contribution in [0.1, 0.15) is 22.7 Å². The summed E-state index contributed by atoms with van der Waals surface area (Å²) < 4.78 is 62.5. The standard InChI is InChI=1S/C11H12F5N.ClH/c1-6-3-7(2)5-8(4-6)9(17)10(12,13)11(14,15)16;/h3-5,9H,17H2,1-2H3;1H/t9-;/m0./s1. The van der Waals surface area contributed by atoms with Gasteiger partial charge in [0, 0.05) is 0 Å². The third-order valence-electron chi connectivity index (χ3n) is 2.37. The highest BCUT2D eigenvalue weighted by Crippen LogP contribution is 2.43. The highest BCUT2D eigenvalue weighted by Gasteiger charge is 2.61. The smallest absolute Gasteiger partial charge is 0.319 e. The van der Waals surface area contributed by atoms with Gasteiger partial charge >= 0.3 is 12.1 Å². The molecule has 0 aliphatic rings. The first-order valence-corrected chi connectivity index (χ1v) is 4.84. The lowest BCUT2D eigenvalue weighted by atomic mass is 9.97. The molecule has 0 saturated heterocycles. The highest BCUT2D eigenvalue weighted by atomic mass is 35.5. The van der Waals surface area contributed by atoms with Crippen LogP contribution < -0.4 is 5.73 Å². The first kappa shape index (κ1) is 17.1. The molecule has 1 atom stereocenters. The summed E-state index contributed by atoms with van der Waals surface area (Å²) in [5.41, 5.74) is 5.99. The molecule has 0 aliphatic carbocycles. The van der Waals surface area contributed by atoms with Crippen molar-refractivity contribution in [2.24, 2.45) is 5.73 Å². The van der Waals surface area contributed by atoms with Gasteiger partial charge in [0.15, 0.2) is 0 Å². The van der Waals surface area contributed by atoms with Crippen molar-refractivity contribution < 1.29 is 22.0 Å². The number of halogens is 6. The maximum Gasteiger partial charge on any atom is 0.455 e. The molecule has 18 heavy (non-hydrogen) atoms. The van der Waals surface area contributed by atoms with Gasteiger partial charge in [-0.15, -0.1) is 12.4 Å². The minimum atomic E-state index is -5.65. The zero-order chi connectivity index (χ0) is 13.4. The third kappa shape index (κ3) is 3.32. The molecule has 1 aromatic rings. The van der Waals surface area contributed by atoms with Crippen LogP contribution in [-0.2, 0) is 0 Å². The molecule has 7 heteroatoms. The van der Waals surface area contributed by atoms with E-state index in [4.69, 9.17) is 5.73 Å². The van der Waals surface area contributed by atoms with Crippen molar-refractivity contribution in [2.45, 2.75) is 32.0 Å². The largest absolute Gasteiger partial charge is 0.455 e. The van der Waals surface area contributed by atoms with Crippen molar-refractivity contribution in [2.75, 3.05) is 0 Å². The summed E-state index contributed by atoms with van der Waals surface area (Å²) in [5.74, 6) is -4.94. The molecule has 2 N–H and O–H groups in total. The fraction of sp³-hybridized carbons (Fsp3) is 0.455. The highest BCUT2D eigenvalue weighted by molar-refractivity contribution is 5.85. The Morgan fingerprint density at radius 2 is 1.33 bits per heavy atom. The number of rotatable bonds is 2. The Bertz CT molecular complexity index is 396. The Labute approximate surface area is 108 Å². The summed E-state index contributed by atoms with van der Waals surface area (Å²) in [7, 11) is 0. The van der Waals surface area contributed by atoms with Crippen LogP contribution in [0, 0.1) is 13.8 Å². The van der Waals surface area contributed by atoms with Gasteiger partial charge in [0.05, 0.1) is 0 Å². The normalized spacial score (nSPS) is 14.0. The second kappa shape index (κ2) is 5.40. The molecule has 0 bridgehead atoms. The zero-order valence-electron chi connectivity index (χ0n) is 9.68. The van der Waals surface area contributed by atoms with Gasteiger partial charge in [-0.25, -0.2) is 0 Å². The minimum absolute atomic E-state index is 0. The SMILES string of the molecule is Cc1cc(C)cc([C@H](N)C(F)(F)C(F)(F)F)c1.Cl. The third-order valence-corrected chi connectivity index (χ3v) is 2.37. The minimum Gasteiger partial charge on any atom is -0.319 e. The van der Waals surface area contributed by atoms with Crippen LogP contribution in [0.2, 0.25) is 0 Å². The number of hydrogen-bond acceptors (Lipinski definition) is 1. The number of nitrogens with two attached hydrogens (primary N) is 1. The summed E-state index contributed by atoms with van der Waals surface area (Å²) in [5, 5.41) is 0. The van der Waals surface area contributed by atoms with Gasteiger partial charge in [0.25, 0.3) is 0 Å². The molecule has 0 amide bonds. The Morgan fingerprint density at radius 1 is 0.944 bits per heavy atom. The number of hydrogen-bond donors (Lipinski definition) is 1. The molecule has 1 nitrogen and oxygen atoms in total. The summed E-state index contributed by atoms with van der Waals surface area (Å²) in [4.78, 5) is 0. The fourth-order valence-electron chi connectivity index (χ4n) is 1.58. The average molecular weight is 290 g/mol. The number of aryl methyl sites for hydroxylation is 2. The van der Waals surface area contributed by atoms with Crippen LogP contribution in [0.3, 0.4) is 0 Å². The van der Waals surface area contributed by atoms with Gasteiger partial charge in [-0.3, -0.25) is 0 Å². The summed E-state index contributed by atoms with van der Waals surface area (Å²) in [6.07, 6.45) is -5.65. The fourth-order valence-corrected chi connectivity index (χ4v) is 1.58. The molecular formula is C11H13ClF5N. The van der Waals surface area contributed by atoms with E-state index in [2.05, 4.69) is 0 Å². The molecule has 0 aliphatic heterocycles. The second-order valence-electron chi connectivity index (χ2n) is 4.02. The average Bonchev–Trinajstić information content (AvgIpc) is 2.13. The lowest BCUT2D eigenvalue weighted by Gasteiger charge is -2.26.